The van der Waals surface area contributed by atoms with Gasteiger partial charge in [0, 0.05) is 76.2 Å². The van der Waals surface area contributed by atoms with E-state index >= 15 is 0 Å². The quantitative estimate of drug-likeness (QED) is 0.240. The van der Waals surface area contributed by atoms with Gasteiger partial charge in [-0.25, -0.2) is 4.79 Å². The van der Waals surface area contributed by atoms with Gasteiger partial charge in [0.2, 0.25) is 11.8 Å². The Bertz CT molecular complexity index is 1980. The molecule has 3 aliphatic rings. The Labute approximate surface area is 297 Å². The third-order valence-electron chi connectivity index (χ3n) is 10.8. The number of aromatic nitrogens is 3. The largest absolute Gasteiger partial charge is 0.418 e. The highest BCUT2D eigenvalue weighted by Gasteiger charge is 2.37. The first-order valence-corrected chi connectivity index (χ1v) is 18.0. The van der Waals surface area contributed by atoms with Crippen molar-refractivity contribution in [1.29, 1.82) is 0 Å². The normalized spacial score (nSPS) is 19.2. The summed E-state index contributed by atoms with van der Waals surface area (Å²) in [6.45, 7) is 5.53. The number of imidazole rings is 1. The van der Waals surface area contributed by atoms with E-state index in [9.17, 15) is 27.6 Å². The number of halogens is 4. The Hall–Kier alpha value is -4.14. The van der Waals surface area contributed by atoms with Gasteiger partial charge in [-0.15, -0.1) is 0 Å². The van der Waals surface area contributed by atoms with Crippen molar-refractivity contribution in [2.24, 2.45) is 5.92 Å². The summed E-state index contributed by atoms with van der Waals surface area (Å²) in [6, 6.07) is 10.1. The van der Waals surface area contributed by atoms with Gasteiger partial charge in [-0.3, -0.25) is 24.0 Å². The predicted molar refractivity (Wildman–Crippen MR) is 189 cm³/mol. The van der Waals surface area contributed by atoms with E-state index in [-0.39, 0.29) is 47.0 Å². The number of piperazine rings is 1. The zero-order valence-electron chi connectivity index (χ0n) is 28.2. The highest BCUT2D eigenvalue weighted by atomic mass is 35.5. The van der Waals surface area contributed by atoms with E-state index in [0.717, 1.165) is 61.5 Å². The number of benzene rings is 2. The average Bonchev–Trinajstić information content (AvgIpc) is 3.48. The minimum atomic E-state index is -4.73. The molecule has 1 atom stereocenters. The maximum absolute atomic E-state index is 14.1. The van der Waals surface area contributed by atoms with Crippen molar-refractivity contribution in [3.05, 3.63) is 69.2 Å². The number of likely N-dealkylation sites (tertiary alicyclic amines) is 2. The van der Waals surface area contributed by atoms with Gasteiger partial charge >= 0.3 is 11.9 Å². The number of para-hydroxylation sites is 1. The van der Waals surface area contributed by atoms with E-state index < -0.39 is 23.3 Å². The summed E-state index contributed by atoms with van der Waals surface area (Å²) in [5.74, 6) is -1.38. The highest BCUT2D eigenvalue weighted by Crippen LogP contribution is 2.39. The van der Waals surface area contributed by atoms with Gasteiger partial charge in [-0.2, -0.15) is 13.2 Å². The highest BCUT2D eigenvalue weighted by molar-refractivity contribution is 6.33. The number of anilines is 1. The van der Waals surface area contributed by atoms with Crippen molar-refractivity contribution in [3.63, 3.8) is 0 Å². The van der Waals surface area contributed by atoms with Crippen LogP contribution < -0.4 is 16.7 Å². The predicted octanol–water partition coefficient (Wildman–Crippen LogP) is 4.44. The SMILES string of the molecule is Nc1c(Cl)cc(C[C@@H](CC(=O)N2CCC(n3c(=O)[nH]c4c5ccccc5ncc43)CC2)C(=O)N2CCC(N3CCNCC3)CC2)cc1C(F)(F)F. The number of nitrogens with two attached hydrogens (primary N) is 1. The van der Waals surface area contributed by atoms with Crippen molar-refractivity contribution >= 4 is 51.0 Å². The first-order chi connectivity index (χ1) is 24.5. The number of hydrogen-bond donors (Lipinski definition) is 3. The Balaban J connectivity index is 1.07. The van der Waals surface area contributed by atoms with E-state index in [1.807, 2.05) is 24.3 Å². The first kappa shape index (κ1) is 35.3. The van der Waals surface area contributed by atoms with Gasteiger partial charge in [0.1, 0.15) is 0 Å². The molecular weight excluding hydrogens is 685 g/mol. The second-order valence-corrected chi connectivity index (χ2v) is 14.3. The lowest BCUT2D eigenvalue weighted by atomic mass is 9.91. The number of rotatable bonds is 7. The Kier molecular flexibility index (Phi) is 10.0. The zero-order chi connectivity index (χ0) is 35.9. The van der Waals surface area contributed by atoms with Crippen LogP contribution in [0.15, 0.2) is 47.4 Å². The van der Waals surface area contributed by atoms with Crippen LogP contribution in [0.2, 0.25) is 5.02 Å². The molecule has 0 aliphatic carbocycles. The van der Waals surface area contributed by atoms with Crippen LogP contribution in [0.1, 0.15) is 49.3 Å². The third-order valence-corrected chi connectivity index (χ3v) is 11.2. The Morgan fingerprint density at radius 1 is 0.961 bits per heavy atom. The van der Waals surface area contributed by atoms with Crippen molar-refractivity contribution in [2.75, 3.05) is 58.1 Å². The van der Waals surface area contributed by atoms with Crippen LogP contribution in [-0.2, 0) is 22.2 Å². The number of carbonyl (C=O) groups excluding carboxylic acids is 2. The third kappa shape index (κ3) is 7.31. The lowest BCUT2D eigenvalue weighted by molar-refractivity contribution is -0.143. The maximum Gasteiger partial charge on any atom is 0.418 e. The lowest BCUT2D eigenvalue weighted by Gasteiger charge is -2.41. The molecule has 3 saturated heterocycles. The molecule has 7 rings (SSSR count). The lowest BCUT2D eigenvalue weighted by Crippen LogP contribution is -2.53. The fourth-order valence-corrected chi connectivity index (χ4v) is 8.35. The number of nitrogen functional groups attached to an aromatic ring is 1. The molecule has 3 aliphatic heterocycles. The number of H-pyrrole nitrogens is 1. The molecule has 5 heterocycles. The first-order valence-electron chi connectivity index (χ1n) is 17.6. The van der Waals surface area contributed by atoms with Gasteiger partial charge in [-0.05, 0) is 55.9 Å². The number of pyridine rings is 1. The molecule has 0 radical (unpaired) electrons. The molecule has 2 aromatic carbocycles. The van der Waals surface area contributed by atoms with Gasteiger partial charge in [0.05, 0.1) is 44.9 Å². The van der Waals surface area contributed by atoms with Gasteiger partial charge in [0.15, 0.2) is 0 Å². The topological polar surface area (TPSA) is 133 Å². The van der Waals surface area contributed by atoms with E-state index in [2.05, 4.69) is 20.2 Å². The molecular formula is C36H42ClF3N8O3. The molecule has 0 unspecified atom stereocenters. The van der Waals surface area contributed by atoms with E-state index in [0.29, 0.717) is 50.6 Å². The molecule has 15 heteroatoms. The zero-order valence-corrected chi connectivity index (χ0v) is 29.0. The van der Waals surface area contributed by atoms with Crippen LogP contribution in [0.3, 0.4) is 0 Å². The molecule has 2 amide bonds. The van der Waals surface area contributed by atoms with Crippen molar-refractivity contribution in [3.8, 4) is 0 Å². The number of carbonyl (C=O) groups is 2. The molecule has 0 saturated carbocycles. The number of hydrogen-bond acceptors (Lipinski definition) is 7. The van der Waals surface area contributed by atoms with Crippen molar-refractivity contribution in [1.82, 2.24) is 34.6 Å². The second-order valence-electron chi connectivity index (χ2n) is 13.9. The standard InChI is InChI=1S/C36H42ClF3N8O3/c37-28-19-22(18-27(32(28)41)36(38,39)40)17-23(34(50)47-13-5-24(6-14-47)45-15-9-42-10-16-45)20-31(49)46-11-7-25(8-12-46)48-30-21-43-29-4-2-1-3-26(29)33(30)44-35(48)51/h1-4,18-19,21,23-25,42H,5-17,20,41H2,(H,44,51)/t23-/m0/s1. The van der Waals surface area contributed by atoms with Crippen LogP contribution in [0, 0.1) is 5.92 Å². The Morgan fingerprint density at radius 2 is 1.63 bits per heavy atom. The number of alkyl halides is 3. The summed E-state index contributed by atoms with van der Waals surface area (Å²) >= 11 is 6.15. The summed E-state index contributed by atoms with van der Waals surface area (Å²) in [7, 11) is 0. The van der Waals surface area contributed by atoms with Gasteiger partial charge in [0.25, 0.3) is 0 Å². The second kappa shape index (κ2) is 14.5. The summed E-state index contributed by atoms with van der Waals surface area (Å²) in [6.07, 6.45) is -0.650. The van der Waals surface area contributed by atoms with Crippen LogP contribution in [0.5, 0.6) is 0 Å². The fraction of sp³-hybridized carbons (Fsp3) is 0.500. The van der Waals surface area contributed by atoms with E-state index in [1.165, 1.54) is 6.07 Å². The monoisotopic (exact) mass is 726 g/mol. The van der Waals surface area contributed by atoms with Crippen LogP contribution >= 0.6 is 11.6 Å². The number of amides is 2. The van der Waals surface area contributed by atoms with E-state index in [4.69, 9.17) is 17.3 Å². The van der Waals surface area contributed by atoms with Gasteiger partial charge in [-0.1, -0.05) is 29.8 Å². The smallest absolute Gasteiger partial charge is 0.397 e. The van der Waals surface area contributed by atoms with Crippen LogP contribution in [0.25, 0.3) is 21.9 Å². The molecule has 51 heavy (non-hydrogen) atoms. The molecule has 4 N–H and O–H groups in total. The minimum absolute atomic E-state index is 0.0898. The summed E-state index contributed by atoms with van der Waals surface area (Å²) in [5, 5.41) is 3.97. The maximum atomic E-state index is 14.1. The Morgan fingerprint density at radius 3 is 2.33 bits per heavy atom. The number of nitrogens with one attached hydrogen (secondary N) is 2. The van der Waals surface area contributed by atoms with Gasteiger partial charge < -0.3 is 25.8 Å². The number of nitrogens with zero attached hydrogens (tertiary/aromatic N) is 5. The minimum Gasteiger partial charge on any atom is -0.397 e. The number of aromatic amines is 1. The molecule has 11 nitrogen and oxygen atoms in total. The summed E-state index contributed by atoms with van der Waals surface area (Å²) in [5.41, 5.74) is 6.23. The van der Waals surface area contributed by atoms with Crippen LogP contribution in [0.4, 0.5) is 18.9 Å². The molecule has 272 valence electrons. The molecule has 0 spiro atoms. The fourth-order valence-electron chi connectivity index (χ4n) is 8.11. The molecule has 4 aromatic rings. The number of fused-ring (bicyclic) bond motifs is 3. The number of piperidine rings is 2. The summed E-state index contributed by atoms with van der Waals surface area (Å²) in [4.78, 5) is 54.5. The molecule has 0 bridgehead atoms. The molecule has 3 fully saturated rings. The van der Waals surface area contributed by atoms with Crippen molar-refractivity contribution < 1.29 is 22.8 Å². The molecule has 2 aromatic heterocycles. The van der Waals surface area contributed by atoms with Crippen LogP contribution in [-0.4, -0.2) is 99.4 Å². The van der Waals surface area contributed by atoms with Crippen molar-refractivity contribution in [2.45, 2.75) is 56.8 Å². The average molecular weight is 727 g/mol. The summed E-state index contributed by atoms with van der Waals surface area (Å²) < 4.78 is 43.2. The van der Waals surface area contributed by atoms with E-state index in [1.54, 1.807) is 20.6 Å².